The van der Waals surface area contributed by atoms with Gasteiger partial charge in [0.25, 0.3) is 5.91 Å². The molecule has 1 amide bonds. The van der Waals surface area contributed by atoms with Gasteiger partial charge >= 0.3 is 0 Å². The Morgan fingerprint density at radius 1 is 1.29 bits per heavy atom. The van der Waals surface area contributed by atoms with Crippen molar-refractivity contribution in [2.24, 2.45) is 0 Å². The minimum absolute atomic E-state index is 0.167. The van der Waals surface area contributed by atoms with Crippen LogP contribution in [-0.2, 0) is 6.42 Å². The van der Waals surface area contributed by atoms with E-state index in [-0.39, 0.29) is 11.9 Å². The number of hydrogen-bond donors (Lipinski definition) is 0. The third-order valence-electron chi connectivity index (χ3n) is 4.17. The number of carbonyl (C=O) groups excluding carboxylic acids is 1. The van der Waals surface area contributed by atoms with Gasteiger partial charge in [-0.3, -0.25) is 4.79 Å². The van der Waals surface area contributed by atoms with Crippen LogP contribution in [0.3, 0.4) is 0 Å². The molecule has 0 saturated carbocycles. The van der Waals surface area contributed by atoms with Crippen LogP contribution in [0.1, 0.15) is 33.1 Å². The number of fused-ring (bicyclic) bond motifs is 2. The molecular weight excluding hydrogens is 298 g/mol. The smallest absolute Gasteiger partial charge is 0.264 e. The van der Waals surface area contributed by atoms with Gasteiger partial charge in [-0.15, -0.1) is 22.7 Å². The average molecular weight is 313 g/mol. The lowest BCUT2D eigenvalue weighted by Gasteiger charge is -2.33. The lowest BCUT2D eigenvalue weighted by Crippen LogP contribution is -2.37. The van der Waals surface area contributed by atoms with Crippen LogP contribution in [-0.4, -0.2) is 17.4 Å². The van der Waals surface area contributed by atoms with Crippen LogP contribution in [0.25, 0.3) is 10.1 Å². The summed E-state index contributed by atoms with van der Waals surface area (Å²) in [5.74, 6) is 0.167. The fraction of sp³-hybridized carbons (Fsp3) is 0.235. The van der Waals surface area contributed by atoms with Crippen molar-refractivity contribution in [3.8, 4) is 0 Å². The van der Waals surface area contributed by atoms with Crippen LogP contribution in [0.4, 0.5) is 0 Å². The molecule has 0 aliphatic carbocycles. The first-order valence-electron chi connectivity index (χ1n) is 7.10. The molecule has 4 rings (SSSR count). The highest BCUT2D eigenvalue weighted by Gasteiger charge is 2.29. The van der Waals surface area contributed by atoms with Crippen molar-refractivity contribution in [3.63, 3.8) is 0 Å². The van der Waals surface area contributed by atoms with Crippen molar-refractivity contribution in [3.05, 3.63) is 57.1 Å². The number of rotatable bonds is 1. The molecule has 4 heteroatoms. The van der Waals surface area contributed by atoms with E-state index in [2.05, 4.69) is 30.5 Å². The summed E-state index contributed by atoms with van der Waals surface area (Å²) < 4.78 is 1.18. The third-order valence-corrected chi connectivity index (χ3v) is 6.28. The molecule has 0 N–H and O–H groups in total. The zero-order chi connectivity index (χ0) is 14.4. The Morgan fingerprint density at radius 2 is 2.14 bits per heavy atom. The Morgan fingerprint density at radius 3 is 3.00 bits per heavy atom. The Bertz CT molecular complexity index is 784. The second-order valence-electron chi connectivity index (χ2n) is 5.37. The quantitative estimate of drug-likeness (QED) is 0.636. The average Bonchev–Trinajstić information content (AvgIpc) is 3.13. The van der Waals surface area contributed by atoms with Gasteiger partial charge < -0.3 is 4.90 Å². The predicted molar refractivity (Wildman–Crippen MR) is 89.3 cm³/mol. The molecule has 0 fully saturated rings. The fourth-order valence-electron chi connectivity index (χ4n) is 3.02. The van der Waals surface area contributed by atoms with Gasteiger partial charge in [-0.05, 0) is 47.9 Å². The molecule has 21 heavy (non-hydrogen) atoms. The third kappa shape index (κ3) is 2.10. The lowest BCUT2D eigenvalue weighted by molar-refractivity contribution is 0.0684. The van der Waals surface area contributed by atoms with E-state index >= 15 is 0 Å². The Labute approximate surface area is 131 Å². The Balaban J connectivity index is 1.69. The van der Waals surface area contributed by atoms with E-state index in [1.54, 1.807) is 11.3 Å². The van der Waals surface area contributed by atoms with Gasteiger partial charge in [0, 0.05) is 16.1 Å². The predicted octanol–water partition coefficient (Wildman–Crippen LogP) is 4.72. The molecule has 2 nitrogen and oxygen atoms in total. The molecule has 0 bridgehead atoms. The summed E-state index contributed by atoms with van der Waals surface area (Å²) in [6.07, 6.45) is 0.980. The summed E-state index contributed by atoms with van der Waals surface area (Å²) in [5.41, 5.74) is 1.32. The van der Waals surface area contributed by atoms with E-state index in [0.29, 0.717) is 0 Å². The van der Waals surface area contributed by atoms with Gasteiger partial charge in [0.1, 0.15) is 0 Å². The van der Waals surface area contributed by atoms with E-state index in [1.807, 2.05) is 34.4 Å². The van der Waals surface area contributed by atoms with Crippen LogP contribution in [0.15, 0.2) is 41.8 Å². The summed E-state index contributed by atoms with van der Waals surface area (Å²) >= 11 is 3.40. The number of amides is 1. The van der Waals surface area contributed by atoms with Crippen molar-refractivity contribution < 1.29 is 4.79 Å². The molecule has 3 heterocycles. The van der Waals surface area contributed by atoms with Crippen LogP contribution >= 0.6 is 22.7 Å². The molecule has 2 aromatic heterocycles. The maximum Gasteiger partial charge on any atom is 0.264 e. The van der Waals surface area contributed by atoms with Crippen LogP contribution in [0.5, 0.6) is 0 Å². The maximum absolute atomic E-state index is 12.9. The molecular formula is C17H15NOS2. The summed E-state index contributed by atoms with van der Waals surface area (Å²) in [7, 11) is 0. The van der Waals surface area contributed by atoms with Crippen LogP contribution in [0.2, 0.25) is 0 Å². The van der Waals surface area contributed by atoms with Gasteiger partial charge in [-0.1, -0.05) is 18.2 Å². The molecule has 0 spiro atoms. The minimum atomic E-state index is 0.167. The minimum Gasteiger partial charge on any atom is -0.331 e. The highest BCUT2D eigenvalue weighted by Crippen LogP contribution is 2.35. The lowest BCUT2D eigenvalue weighted by atomic mass is 10.0. The summed E-state index contributed by atoms with van der Waals surface area (Å²) in [6.45, 7) is 2.96. The zero-order valence-corrected chi connectivity index (χ0v) is 13.3. The van der Waals surface area contributed by atoms with Crippen molar-refractivity contribution in [1.82, 2.24) is 4.90 Å². The fourth-order valence-corrected chi connectivity index (χ4v) is 5.00. The van der Waals surface area contributed by atoms with Gasteiger partial charge in [-0.25, -0.2) is 0 Å². The van der Waals surface area contributed by atoms with E-state index in [0.717, 1.165) is 23.2 Å². The van der Waals surface area contributed by atoms with E-state index < -0.39 is 0 Å². The Hall–Kier alpha value is -1.65. The number of benzene rings is 1. The monoisotopic (exact) mass is 313 g/mol. The first-order valence-corrected chi connectivity index (χ1v) is 8.79. The highest BCUT2D eigenvalue weighted by atomic mass is 32.1. The second-order valence-corrected chi connectivity index (χ2v) is 7.46. The molecule has 1 atom stereocenters. The van der Waals surface area contributed by atoms with E-state index in [1.165, 1.54) is 15.1 Å². The first kappa shape index (κ1) is 13.0. The van der Waals surface area contributed by atoms with Crippen molar-refractivity contribution in [2.45, 2.75) is 19.4 Å². The molecule has 1 aromatic carbocycles. The summed E-state index contributed by atoms with van der Waals surface area (Å²) in [4.78, 5) is 17.1. The molecule has 0 saturated heterocycles. The second kappa shape index (κ2) is 4.97. The summed E-state index contributed by atoms with van der Waals surface area (Å²) in [6, 6.07) is 12.6. The molecule has 3 aromatic rings. The normalized spacial score (nSPS) is 18.0. The van der Waals surface area contributed by atoms with E-state index in [4.69, 9.17) is 0 Å². The van der Waals surface area contributed by atoms with Gasteiger partial charge in [-0.2, -0.15) is 0 Å². The molecule has 1 aliphatic rings. The van der Waals surface area contributed by atoms with Crippen molar-refractivity contribution in [1.29, 1.82) is 0 Å². The van der Waals surface area contributed by atoms with Crippen LogP contribution < -0.4 is 0 Å². The van der Waals surface area contributed by atoms with E-state index in [9.17, 15) is 4.79 Å². The van der Waals surface area contributed by atoms with Crippen molar-refractivity contribution in [2.75, 3.05) is 6.54 Å². The van der Waals surface area contributed by atoms with Crippen molar-refractivity contribution >= 4 is 38.7 Å². The molecule has 1 aliphatic heterocycles. The van der Waals surface area contributed by atoms with Gasteiger partial charge in [0.15, 0.2) is 0 Å². The molecule has 0 radical (unpaired) electrons. The topological polar surface area (TPSA) is 20.3 Å². The van der Waals surface area contributed by atoms with Crippen LogP contribution in [0, 0.1) is 0 Å². The molecule has 0 unspecified atom stereocenters. The SMILES string of the molecule is C[C@@H]1c2ccsc2CCN1C(=O)c1cc2ccccc2s1. The van der Waals surface area contributed by atoms with Gasteiger partial charge in [0.05, 0.1) is 10.9 Å². The van der Waals surface area contributed by atoms with Gasteiger partial charge in [0.2, 0.25) is 0 Å². The number of nitrogens with zero attached hydrogens (tertiary/aromatic N) is 1. The standard InChI is InChI=1S/C17H15NOS2/c1-11-13-7-9-20-15(13)6-8-18(11)17(19)16-10-12-4-2-3-5-14(12)21-16/h2-5,7,9-11H,6,8H2,1H3/t11-/m1/s1. The largest absolute Gasteiger partial charge is 0.331 e. The zero-order valence-electron chi connectivity index (χ0n) is 11.7. The first-order chi connectivity index (χ1) is 10.2. The number of carbonyl (C=O) groups is 1. The maximum atomic E-state index is 12.9. The highest BCUT2D eigenvalue weighted by molar-refractivity contribution is 7.20. The summed E-state index contributed by atoms with van der Waals surface area (Å²) in [5, 5.41) is 3.29. The number of thiophene rings is 2. The number of hydrogen-bond acceptors (Lipinski definition) is 3. The molecule has 106 valence electrons. The Kier molecular flexibility index (Phi) is 3.08.